The zero-order valence-corrected chi connectivity index (χ0v) is 14.8. The van der Waals surface area contributed by atoms with Crippen LogP contribution in [-0.4, -0.2) is 30.5 Å². The van der Waals surface area contributed by atoms with Crippen LogP contribution in [0.15, 0.2) is 52.5 Å². The van der Waals surface area contributed by atoms with Gasteiger partial charge in [0.2, 0.25) is 5.91 Å². The first-order valence-corrected chi connectivity index (χ1v) is 8.71. The Bertz CT molecular complexity index is 872. The fourth-order valence-electron chi connectivity index (χ4n) is 2.16. The Morgan fingerprint density at radius 1 is 1.19 bits per heavy atom. The Hall–Kier alpha value is -3.13. The van der Waals surface area contributed by atoms with Crippen LogP contribution in [0, 0.1) is 0 Å². The van der Waals surface area contributed by atoms with E-state index in [1.54, 1.807) is 24.6 Å². The molecule has 2 aromatic heterocycles. The number of aromatic nitrogens is 1. The maximum Gasteiger partial charge on any atom is 0.271 e. The van der Waals surface area contributed by atoms with Gasteiger partial charge in [0.25, 0.3) is 5.91 Å². The summed E-state index contributed by atoms with van der Waals surface area (Å²) in [4.78, 5) is 28.2. The minimum Gasteiger partial charge on any atom is -0.497 e. The van der Waals surface area contributed by atoms with Gasteiger partial charge in [0.1, 0.15) is 22.2 Å². The summed E-state index contributed by atoms with van der Waals surface area (Å²) in [6, 6.07) is 10.9. The molecule has 0 unspecified atom stereocenters. The zero-order chi connectivity index (χ0) is 18.4. The molecular formula is C18H17N3O4S. The molecule has 0 bridgehead atoms. The van der Waals surface area contributed by atoms with Gasteiger partial charge in [-0.25, -0.2) is 4.98 Å². The lowest BCUT2D eigenvalue weighted by Crippen LogP contribution is -2.36. The highest BCUT2D eigenvalue weighted by atomic mass is 32.1. The van der Waals surface area contributed by atoms with Gasteiger partial charge in [-0.1, -0.05) is 0 Å². The van der Waals surface area contributed by atoms with Crippen LogP contribution in [0.2, 0.25) is 0 Å². The second-order valence-corrected chi connectivity index (χ2v) is 6.16. The Labute approximate surface area is 154 Å². The smallest absolute Gasteiger partial charge is 0.271 e. The van der Waals surface area contributed by atoms with Gasteiger partial charge in [0.15, 0.2) is 0 Å². The van der Waals surface area contributed by atoms with E-state index in [-0.39, 0.29) is 24.7 Å². The van der Waals surface area contributed by atoms with E-state index in [4.69, 9.17) is 9.15 Å². The molecule has 1 aromatic carbocycles. The molecule has 8 heteroatoms. The first kappa shape index (κ1) is 17.7. The standard InChI is InChI=1S/C18H17N3O4S/c1-24-13-6-4-12(5-7-13)18-21-15(11-26-18)17(23)20-10-16(22)19-9-14-3-2-8-25-14/h2-8,11H,9-10H2,1H3,(H,19,22)(H,20,23). The van der Waals surface area contributed by atoms with Crippen LogP contribution in [0.3, 0.4) is 0 Å². The first-order chi connectivity index (χ1) is 12.7. The Morgan fingerprint density at radius 3 is 2.69 bits per heavy atom. The molecule has 2 heterocycles. The molecule has 2 N–H and O–H groups in total. The topological polar surface area (TPSA) is 93.5 Å². The van der Waals surface area contributed by atoms with E-state index < -0.39 is 5.91 Å². The Kier molecular flexibility index (Phi) is 5.65. The number of benzene rings is 1. The number of methoxy groups -OCH3 is 1. The fraction of sp³-hybridized carbons (Fsp3) is 0.167. The van der Waals surface area contributed by atoms with E-state index >= 15 is 0 Å². The van der Waals surface area contributed by atoms with E-state index in [1.165, 1.54) is 17.6 Å². The summed E-state index contributed by atoms with van der Waals surface area (Å²) in [5, 5.41) is 7.60. The van der Waals surface area contributed by atoms with Gasteiger partial charge in [-0.3, -0.25) is 9.59 Å². The van der Waals surface area contributed by atoms with Crippen molar-refractivity contribution in [2.75, 3.05) is 13.7 Å². The minimum absolute atomic E-state index is 0.130. The number of carbonyl (C=O) groups is 2. The van der Waals surface area contributed by atoms with Gasteiger partial charge in [-0.15, -0.1) is 11.3 Å². The molecule has 0 saturated heterocycles. The fourth-order valence-corrected chi connectivity index (χ4v) is 2.96. The molecule has 2 amide bonds. The molecule has 0 radical (unpaired) electrons. The van der Waals surface area contributed by atoms with Gasteiger partial charge in [-0.2, -0.15) is 0 Å². The molecule has 0 fully saturated rings. The third-order valence-electron chi connectivity index (χ3n) is 3.52. The summed E-state index contributed by atoms with van der Waals surface area (Å²) in [5.41, 5.74) is 1.17. The predicted octanol–water partition coefficient (Wildman–Crippen LogP) is 2.46. The number of ether oxygens (including phenoxy) is 1. The van der Waals surface area contributed by atoms with Crippen LogP contribution in [0.4, 0.5) is 0 Å². The first-order valence-electron chi connectivity index (χ1n) is 7.83. The van der Waals surface area contributed by atoms with E-state index in [0.29, 0.717) is 5.76 Å². The van der Waals surface area contributed by atoms with E-state index in [2.05, 4.69) is 15.6 Å². The molecule has 0 saturated carbocycles. The zero-order valence-electron chi connectivity index (χ0n) is 14.0. The lowest BCUT2D eigenvalue weighted by atomic mass is 10.2. The minimum atomic E-state index is -0.394. The van der Waals surface area contributed by atoms with Crippen LogP contribution < -0.4 is 15.4 Å². The van der Waals surface area contributed by atoms with Crippen molar-refractivity contribution >= 4 is 23.2 Å². The predicted molar refractivity (Wildman–Crippen MR) is 97.0 cm³/mol. The second kappa shape index (κ2) is 8.30. The van der Waals surface area contributed by atoms with Gasteiger partial charge in [0.05, 0.1) is 26.5 Å². The van der Waals surface area contributed by atoms with Gasteiger partial charge in [-0.05, 0) is 36.4 Å². The average molecular weight is 371 g/mol. The van der Waals surface area contributed by atoms with E-state index in [9.17, 15) is 9.59 Å². The average Bonchev–Trinajstić information content (AvgIpc) is 3.36. The molecule has 0 spiro atoms. The van der Waals surface area contributed by atoms with Gasteiger partial charge >= 0.3 is 0 Å². The van der Waals surface area contributed by atoms with Crippen LogP contribution in [0.25, 0.3) is 10.6 Å². The summed E-state index contributed by atoms with van der Waals surface area (Å²) < 4.78 is 10.2. The van der Waals surface area contributed by atoms with Crippen LogP contribution in [0.5, 0.6) is 5.75 Å². The van der Waals surface area contributed by atoms with Crippen LogP contribution in [0.1, 0.15) is 16.2 Å². The normalized spacial score (nSPS) is 10.3. The number of nitrogens with one attached hydrogen (secondary N) is 2. The van der Waals surface area contributed by atoms with Gasteiger partial charge in [0, 0.05) is 10.9 Å². The number of amides is 2. The summed E-state index contributed by atoms with van der Waals surface area (Å²) in [5.74, 6) is 0.701. The van der Waals surface area contributed by atoms with Crippen molar-refractivity contribution in [1.29, 1.82) is 0 Å². The highest BCUT2D eigenvalue weighted by molar-refractivity contribution is 7.13. The maximum atomic E-state index is 12.1. The molecule has 0 atom stereocenters. The lowest BCUT2D eigenvalue weighted by Gasteiger charge is -2.04. The molecule has 26 heavy (non-hydrogen) atoms. The molecule has 134 valence electrons. The van der Waals surface area contributed by atoms with Crippen molar-refractivity contribution in [2.24, 2.45) is 0 Å². The summed E-state index contributed by atoms with van der Waals surface area (Å²) in [7, 11) is 1.60. The number of nitrogens with zero attached hydrogens (tertiary/aromatic N) is 1. The van der Waals surface area contributed by atoms with Crippen molar-refractivity contribution in [3.63, 3.8) is 0 Å². The number of thiazole rings is 1. The quantitative estimate of drug-likeness (QED) is 0.665. The van der Waals surface area contributed by atoms with Crippen LogP contribution in [-0.2, 0) is 11.3 Å². The third kappa shape index (κ3) is 4.48. The molecule has 3 aromatic rings. The molecule has 0 aliphatic carbocycles. The van der Waals surface area contributed by atoms with Crippen LogP contribution >= 0.6 is 11.3 Å². The molecule has 0 aliphatic heterocycles. The Morgan fingerprint density at radius 2 is 2.00 bits per heavy atom. The van der Waals surface area contributed by atoms with E-state index in [0.717, 1.165) is 16.3 Å². The van der Waals surface area contributed by atoms with Crippen molar-refractivity contribution in [3.05, 3.63) is 59.5 Å². The summed E-state index contributed by atoms with van der Waals surface area (Å²) in [6.45, 7) is 0.148. The Balaban J connectivity index is 1.51. The lowest BCUT2D eigenvalue weighted by molar-refractivity contribution is -0.120. The number of hydrogen-bond donors (Lipinski definition) is 2. The second-order valence-electron chi connectivity index (χ2n) is 5.31. The molecular weight excluding hydrogens is 354 g/mol. The molecule has 0 aliphatic rings. The van der Waals surface area contributed by atoms with E-state index in [1.807, 2.05) is 24.3 Å². The van der Waals surface area contributed by atoms with Gasteiger partial charge < -0.3 is 19.8 Å². The molecule has 7 nitrogen and oxygen atoms in total. The van der Waals surface area contributed by atoms with Crippen molar-refractivity contribution in [3.8, 4) is 16.3 Å². The molecule has 3 rings (SSSR count). The van der Waals surface area contributed by atoms with Crippen molar-refractivity contribution in [2.45, 2.75) is 6.54 Å². The summed E-state index contributed by atoms with van der Waals surface area (Å²) in [6.07, 6.45) is 1.53. The SMILES string of the molecule is COc1ccc(-c2nc(C(=O)NCC(=O)NCc3ccco3)cs2)cc1. The monoisotopic (exact) mass is 371 g/mol. The number of furan rings is 1. The largest absolute Gasteiger partial charge is 0.497 e. The maximum absolute atomic E-state index is 12.1. The number of carbonyl (C=O) groups excluding carboxylic acids is 2. The number of hydrogen-bond acceptors (Lipinski definition) is 6. The highest BCUT2D eigenvalue weighted by Gasteiger charge is 2.13. The third-order valence-corrected chi connectivity index (χ3v) is 4.41. The highest BCUT2D eigenvalue weighted by Crippen LogP contribution is 2.25. The number of rotatable bonds is 7. The van der Waals surface area contributed by atoms with Crippen molar-refractivity contribution < 1.29 is 18.7 Å². The summed E-state index contributed by atoms with van der Waals surface area (Å²) >= 11 is 1.36. The van der Waals surface area contributed by atoms with Crippen molar-refractivity contribution in [1.82, 2.24) is 15.6 Å².